The number of rotatable bonds is 5. The number of aliphatic hydroxyl groups excluding tert-OH is 1. The highest BCUT2D eigenvalue weighted by atomic mass is 16.7. The molecule has 0 bridgehead atoms. The standard InChI is InChI=1S/C12H20O7/c1-4-16-11-5-9(17-7(2)14)12(18-8(3)15)10(6-13)19-11/h9-13H,4-6H2,1-3H3/t9-,10-,11+,12+/m1/s1. The summed E-state index contributed by atoms with van der Waals surface area (Å²) in [5.41, 5.74) is 0. The van der Waals surface area contributed by atoms with Crippen LogP contribution < -0.4 is 0 Å². The molecule has 4 atom stereocenters. The Hall–Kier alpha value is -1.18. The van der Waals surface area contributed by atoms with Crippen LogP contribution in [0.3, 0.4) is 0 Å². The zero-order chi connectivity index (χ0) is 14.4. The Balaban J connectivity index is 2.81. The summed E-state index contributed by atoms with van der Waals surface area (Å²) >= 11 is 0. The molecule has 0 aromatic heterocycles. The highest BCUT2D eigenvalue weighted by molar-refractivity contribution is 5.67. The quantitative estimate of drug-likeness (QED) is 0.706. The maximum atomic E-state index is 11.1. The summed E-state index contributed by atoms with van der Waals surface area (Å²) < 4.78 is 21.0. The first-order chi connectivity index (χ1) is 8.97. The molecule has 0 aliphatic carbocycles. The van der Waals surface area contributed by atoms with Crippen molar-refractivity contribution in [1.29, 1.82) is 0 Å². The first-order valence-electron chi connectivity index (χ1n) is 6.20. The number of esters is 2. The highest BCUT2D eigenvalue weighted by Gasteiger charge is 2.43. The Labute approximate surface area is 111 Å². The van der Waals surface area contributed by atoms with Gasteiger partial charge in [-0.05, 0) is 6.92 Å². The molecule has 0 spiro atoms. The molecule has 0 aromatic carbocycles. The fourth-order valence-electron chi connectivity index (χ4n) is 2.00. The maximum absolute atomic E-state index is 11.1. The van der Waals surface area contributed by atoms with Gasteiger partial charge in [0.1, 0.15) is 12.2 Å². The predicted molar refractivity (Wildman–Crippen MR) is 63.1 cm³/mol. The van der Waals surface area contributed by atoms with Gasteiger partial charge in [0.05, 0.1) is 6.61 Å². The van der Waals surface area contributed by atoms with Crippen LogP contribution in [0.25, 0.3) is 0 Å². The fraction of sp³-hybridized carbons (Fsp3) is 0.833. The number of hydrogen-bond acceptors (Lipinski definition) is 7. The van der Waals surface area contributed by atoms with Gasteiger partial charge in [0.15, 0.2) is 12.4 Å². The minimum atomic E-state index is -0.830. The van der Waals surface area contributed by atoms with Crippen LogP contribution in [-0.2, 0) is 28.5 Å². The Morgan fingerprint density at radius 3 is 2.37 bits per heavy atom. The average molecular weight is 276 g/mol. The van der Waals surface area contributed by atoms with E-state index in [1.54, 1.807) is 6.92 Å². The van der Waals surface area contributed by atoms with Gasteiger partial charge in [-0.3, -0.25) is 9.59 Å². The Morgan fingerprint density at radius 2 is 1.89 bits per heavy atom. The summed E-state index contributed by atoms with van der Waals surface area (Å²) in [7, 11) is 0. The van der Waals surface area contributed by atoms with Crippen molar-refractivity contribution in [2.75, 3.05) is 13.2 Å². The van der Waals surface area contributed by atoms with Crippen LogP contribution in [0.4, 0.5) is 0 Å². The lowest BCUT2D eigenvalue weighted by molar-refractivity contribution is -0.263. The number of hydrogen-bond donors (Lipinski definition) is 1. The Bertz CT molecular complexity index is 317. The lowest BCUT2D eigenvalue weighted by Crippen LogP contribution is -2.53. The summed E-state index contributed by atoms with van der Waals surface area (Å²) in [6.45, 7) is 4.38. The lowest BCUT2D eigenvalue weighted by Gasteiger charge is -2.39. The van der Waals surface area contributed by atoms with Gasteiger partial charge in [-0.2, -0.15) is 0 Å². The molecule has 0 amide bonds. The van der Waals surface area contributed by atoms with Crippen molar-refractivity contribution >= 4 is 11.9 Å². The second-order valence-electron chi connectivity index (χ2n) is 4.20. The van der Waals surface area contributed by atoms with Crippen LogP contribution in [-0.4, -0.2) is 54.9 Å². The molecule has 1 aliphatic heterocycles. The summed E-state index contributed by atoms with van der Waals surface area (Å²) in [6.07, 6.45) is -2.65. The minimum Gasteiger partial charge on any atom is -0.458 e. The third-order valence-corrected chi connectivity index (χ3v) is 2.64. The second kappa shape index (κ2) is 7.42. The topological polar surface area (TPSA) is 91.3 Å². The van der Waals surface area contributed by atoms with Gasteiger partial charge in [-0.15, -0.1) is 0 Å². The van der Waals surface area contributed by atoms with Gasteiger partial charge >= 0.3 is 11.9 Å². The summed E-state index contributed by atoms with van der Waals surface area (Å²) in [5, 5.41) is 9.30. The molecule has 7 nitrogen and oxygen atoms in total. The van der Waals surface area contributed by atoms with E-state index in [1.165, 1.54) is 13.8 Å². The van der Waals surface area contributed by atoms with Gasteiger partial charge in [0.25, 0.3) is 0 Å². The van der Waals surface area contributed by atoms with E-state index in [9.17, 15) is 14.7 Å². The molecule has 0 aromatic rings. The molecule has 0 unspecified atom stereocenters. The molecule has 1 N–H and O–H groups in total. The van der Waals surface area contributed by atoms with Crippen LogP contribution in [0, 0.1) is 0 Å². The molecule has 1 aliphatic rings. The highest BCUT2D eigenvalue weighted by Crippen LogP contribution is 2.26. The smallest absolute Gasteiger partial charge is 0.303 e. The van der Waals surface area contributed by atoms with Crippen molar-refractivity contribution in [2.45, 2.75) is 51.8 Å². The van der Waals surface area contributed by atoms with E-state index in [4.69, 9.17) is 18.9 Å². The molecule has 7 heteroatoms. The number of carbonyl (C=O) groups excluding carboxylic acids is 2. The number of ether oxygens (including phenoxy) is 4. The minimum absolute atomic E-state index is 0.252. The van der Waals surface area contributed by atoms with Crippen molar-refractivity contribution in [1.82, 2.24) is 0 Å². The van der Waals surface area contributed by atoms with E-state index >= 15 is 0 Å². The molecular weight excluding hydrogens is 256 g/mol. The number of carbonyl (C=O) groups is 2. The zero-order valence-electron chi connectivity index (χ0n) is 11.3. The normalized spacial score (nSPS) is 30.7. The first-order valence-corrected chi connectivity index (χ1v) is 6.20. The van der Waals surface area contributed by atoms with Crippen LogP contribution in [0.1, 0.15) is 27.2 Å². The van der Waals surface area contributed by atoms with Gasteiger partial charge in [0, 0.05) is 26.9 Å². The van der Waals surface area contributed by atoms with Gasteiger partial charge < -0.3 is 24.1 Å². The molecular formula is C12H20O7. The van der Waals surface area contributed by atoms with Crippen molar-refractivity contribution in [3.05, 3.63) is 0 Å². The first kappa shape index (κ1) is 15.9. The SMILES string of the molecule is CCO[C@@H]1C[C@@H](OC(C)=O)[C@H](OC(C)=O)[C@@H](CO)O1. The molecule has 1 rings (SSSR count). The summed E-state index contributed by atoms with van der Waals surface area (Å²) in [4.78, 5) is 22.2. The number of aliphatic hydroxyl groups is 1. The summed E-state index contributed by atoms with van der Waals surface area (Å²) in [5.74, 6) is -1.02. The van der Waals surface area contributed by atoms with E-state index < -0.39 is 36.5 Å². The third-order valence-electron chi connectivity index (χ3n) is 2.64. The van der Waals surface area contributed by atoms with Crippen molar-refractivity contribution in [2.24, 2.45) is 0 Å². The Kier molecular flexibility index (Phi) is 6.20. The second-order valence-corrected chi connectivity index (χ2v) is 4.20. The molecule has 0 radical (unpaired) electrons. The van der Waals surface area contributed by atoms with E-state index in [0.717, 1.165) is 0 Å². The Morgan fingerprint density at radius 1 is 1.26 bits per heavy atom. The zero-order valence-corrected chi connectivity index (χ0v) is 11.3. The van der Waals surface area contributed by atoms with Crippen LogP contribution in [0.5, 0.6) is 0 Å². The molecule has 1 heterocycles. The van der Waals surface area contributed by atoms with Crippen LogP contribution in [0.15, 0.2) is 0 Å². The van der Waals surface area contributed by atoms with Gasteiger partial charge in [-0.25, -0.2) is 0 Å². The van der Waals surface area contributed by atoms with Crippen molar-refractivity contribution < 1.29 is 33.6 Å². The van der Waals surface area contributed by atoms with Crippen LogP contribution >= 0.6 is 0 Å². The lowest BCUT2D eigenvalue weighted by atomic mass is 10.0. The monoisotopic (exact) mass is 276 g/mol. The van der Waals surface area contributed by atoms with Crippen molar-refractivity contribution in [3.8, 4) is 0 Å². The average Bonchev–Trinajstić information content (AvgIpc) is 2.31. The molecule has 110 valence electrons. The maximum Gasteiger partial charge on any atom is 0.303 e. The summed E-state index contributed by atoms with van der Waals surface area (Å²) in [6, 6.07) is 0. The van der Waals surface area contributed by atoms with Crippen LogP contribution in [0.2, 0.25) is 0 Å². The van der Waals surface area contributed by atoms with Crippen molar-refractivity contribution in [3.63, 3.8) is 0 Å². The van der Waals surface area contributed by atoms with E-state index in [2.05, 4.69) is 0 Å². The molecule has 0 saturated carbocycles. The predicted octanol–water partition coefficient (Wildman–Crippen LogP) is -0.00640. The third kappa shape index (κ3) is 4.77. The van der Waals surface area contributed by atoms with Gasteiger partial charge in [0.2, 0.25) is 0 Å². The largest absolute Gasteiger partial charge is 0.458 e. The fourth-order valence-corrected chi connectivity index (χ4v) is 2.00. The van der Waals surface area contributed by atoms with E-state index in [0.29, 0.717) is 6.61 Å². The molecule has 1 fully saturated rings. The van der Waals surface area contributed by atoms with Gasteiger partial charge in [-0.1, -0.05) is 0 Å². The van der Waals surface area contributed by atoms with E-state index in [-0.39, 0.29) is 13.0 Å². The molecule has 19 heavy (non-hydrogen) atoms. The van der Waals surface area contributed by atoms with E-state index in [1.807, 2.05) is 0 Å². The molecule has 1 saturated heterocycles.